The molecule has 1 atom stereocenters. The Hall–Kier alpha value is -2.22. The van der Waals surface area contributed by atoms with Crippen molar-refractivity contribution in [3.8, 4) is 0 Å². The minimum Gasteiger partial charge on any atom is -0.385 e. The number of benzene rings is 1. The molecule has 178 valence electrons. The van der Waals surface area contributed by atoms with Crippen LogP contribution in [0.15, 0.2) is 29.3 Å². The number of methoxy groups -OCH3 is 1. The fraction of sp³-hybridized carbons (Fsp3) is 0.389. The highest BCUT2D eigenvalue weighted by Gasteiger charge is 2.40. The van der Waals surface area contributed by atoms with Crippen molar-refractivity contribution in [2.45, 2.75) is 37.0 Å². The van der Waals surface area contributed by atoms with Gasteiger partial charge >= 0.3 is 6.18 Å². The molecule has 2 aromatic rings. The van der Waals surface area contributed by atoms with E-state index in [2.05, 4.69) is 5.32 Å². The van der Waals surface area contributed by atoms with Crippen LogP contribution in [0.3, 0.4) is 0 Å². The van der Waals surface area contributed by atoms with Crippen molar-refractivity contribution >= 4 is 33.2 Å². The molecule has 2 rings (SSSR count). The second-order valence-corrected chi connectivity index (χ2v) is 8.75. The summed E-state index contributed by atoms with van der Waals surface area (Å²) in [5, 5.41) is 1.92. The number of alkyl halides is 3. The average molecular weight is 504 g/mol. The van der Waals surface area contributed by atoms with E-state index in [0.717, 1.165) is 29.0 Å². The lowest BCUT2D eigenvalue weighted by atomic mass is 10.3. The summed E-state index contributed by atoms with van der Waals surface area (Å²) >= 11 is 5.64. The summed E-state index contributed by atoms with van der Waals surface area (Å²) < 4.78 is 98.6. The van der Waals surface area contributed by atoms with Crippen LogP contribution in [-0.4, -0.2) is 44.8 Å². The number of nitrogens with zero attached hydrogens (tertiary/aromatic N) is 1. The Morgan fingerprint density at radius 1 is 1.28 bits per heavy atom. The van der Waals surface area contributed by atoms with E-state index < -0.39 is 50.4 Å². The summed E-state index contributed by atoms with van der Waals surface area (Å²) in [7, 11) is -3.58. The first-order chi connectivity index (χ1) is 14.8. The molecule has 0 radical (unpaired) electrons. The zero-order valence-electron chi connectivity index (χ0n) is 16.8. The van der Waals surface area contributed by atoms with Crippen molar-refractivity contribution in [1.82, 2.24) is 9.29 Å². The third-order valence-corrected chi connectivity index (χ3v) is 6.05. The Bertz CT molecular complexity index is 1090. The van der Waals surface area contributed by atoms with Gasteiger partial charge in [0, 0.05) is 32.1 Å². The van der Waals surface area contributed by atoms with Crippen LogP contribution in [0.25, 0.3) is 0 Å². The summed E-state index contributed by atoms with van der Waals surface area (Å²) in [5.74, 6) is -3.43. The molecular weight excluding hydrogens is 485 g/mol. The van der Waals surface area contributed by atoms with Gasteiger partial charge < -0.3 is 14.6 Å². The lowest BCUT2D eigenvalue weighted by Gasteiger charge is -2.16. The minimum atomic E-state index is -4.97. The van der Waals surface area contributed by atoms with E-state index in [0.29, 0.717) is 6.92 Å². The van der Waals surface area contributed by atoms with Crippen molar-refractivity contribution in [3.05, 3.63) is 46.7 Å². The van der Waals surface area contributed by atoms with Gasteiger partial charge in [-0.25, -0.2) is 17.2 Å². The van der Waals surface area contributed by atoms with Crippen molar-refractivity contribution < 1.29 is 39.9 Å². The van der Waals surface area contributed by atoms with Crippen LogP contribution in [0.5, 0.6) is 0 Å². The Labute approximate surface area is 185 Å². The van der Waals surface area contributed by atoms with Crippen LogP contribution < -0.4 is 10.0 Å². The molecule has 0 unspecified atom stereocenters. The van der Waals surface area contributed by atoms with Crippen molar-refractivity contribution in [3.63, 3.8) is 0 Å². The smallest absolute Gasteiger partial charge is 0.385 e. The summed E-state index contributed by atoms with van der Waals surface area (Å²) in [6.07, 6.45) is -3.95. The molecule has 1 aromatic carbocycles. The van der Waals surface area contributed by atoms with Crippen molar-refractivity contribution in [2.24, 2.45) is 0 Å². The van der Waals surface area contributed by atoms with Gasteiger partial charge in [-0.3, -0.25) is 4.79 Å². The number of hydrogen-bond acceptors (Lipinski definition) is 4. The zero-order chi connectivity index (χ0) is 24.3. The molecule has 0 aliphatic rings. The topological polar surface area (TPSA) is 89.4 Å². The molecule has 1 aromatic heterocycles. The van der Waals surface area contributed by atoms with Gasteiger partial charge in [0.15, 0.2) is 5.82 Å². The highest BCUT2D eigenvalue weighted by atomic mass is 35.5. The molecule has 0 fully saturated rings. The number of rotatable bonds is 9. The molecular formula is C18H19ClF5N3O4S. The van der Waals surface area contributed by atoms with E-state index in [1.165, 1.54) is 11.8 Å². The van der Waals surface area contributed by atoms with Crippen LogP contribution in [0.2, 0.25) is 5.02 Å². The summed E-state index contributed by atoms with van der Waals surface area (Å²) in [6.45, 7) is 0.652. The fourth-order valence-corrected chi connectivity index (χ4v) is 4.11. The van der Waals surface area contributed by atoms with Crippen LogP contribution in [0.4, 0.5) is 27.6 Å². The van der Waals surface area contributed by atoms with Gasteiger partial charge in [0.25, 0.3) is 5.91 Å². The van der Waals surface area contributed by atoms with Gasteiger partial charge in [-0.15, -0.1) is 0 Å². The van der Waals surface area contributed by atoms with Crippen LogP contribution in [0, 0.1) is 11.6 Å². The van der Waals surface area contributed by atoms with Crippen LogP contribution >= 0.6 is 11.6 Å². The molecule has 14 heteroatoms. The fourth-order valence-electron chi connectivity index (χ4n) is 2.61. The molecule has 0 saturated carbocycles. The largest absolute Gasteiger partial charge is 0.404 e. The SMILES string of the molecule is COCCCn1cc(S(=O)(=O)N[C@H](C)C(F)(F)F)c(F)c1C(=O)Nc1ccc(F)c(Cl)c1. The van der Waals surface area contributed by atoms with E-state index in [1.807, 2.05) is 0 Å². The first-order valence-electron chi connectivity index (χ1n) is 9.01. The van der Waals surface area contributed by atoms with E-state index in [-0.39, 0.29) is 30.3 Å². The number of nitrogens with one attached hydrogen (secondary N) is 2. The number of aromatic nitrogens is 1. The summed E-state index contributed by atoms with van der Waals surface area (Å²) in [4.78, 5) is 11.5. The minimum absolute atomic E-state index is 0.0151. The molecule has 0 saturated heterocycles. The molecule has 32 heavy (non-hydrogen) atoms. The van der Waals surface area contributed by atoms with Gasteiger partial charge in [0.2, 0.25) is 10.0 Å². The molecule has 0 bridgehead atoms. The van der Waals surface area contributed by atoms with Crippen LogP contribution in [-0.2, 0) is 21.3 Å². The predicted octanol–water partition coefficient (Wildman–Crippen LogP) is 3.94. The standard InChI is InChI=1S/C18H19ClF5N3O4S/c1-10(18(22,23)24)26-32(29,30)14-9-27(6-3-7-31-2)16(15(14)21)17(28)25-11-4-5-13(20)12(19)8-11/h4-5,8-10,26H,3,6-7H2,1-2H3,(H,25,28)/t10-/m1/s1. The average Bonchev–Trinajstić information content (AvgIpc) is 3.01. The van der Waals surface area contributed by atoms with Crippen molar-refractivity contribution in [2.75, 3.05) is 19.0 Å². The van der Waals surface area contributed by atoms with E-state index in [1.54, 1.807) is 0 Å². The second kappa shape index (κ2) is 10.1. The van der Waals surface area contributed by atoms with Gasteiger partial charge in [0.05, 0.1) is 5.02 Å². The van der Waals surface area contributed by atoms with E-state index in [4.69, 9.17) is 16.3 Å². The quantitative estimate of drug-likeness (QED) is 0.401. The third kappa shape index (κ3) is 6.18. The number of halogens is 6. The first-order valence-corrected chi connectivity index (χ1v) is 10.9. The second-order valence-electron chi connectivity index (χ2n) is 6.66. The molecule has 1 amide bonds. The van der Waals surface area contributed by atoms with Crippen molar-refractivity contribution in [1.29, 1.82) is 0 Å². The highest BCUT2D eigenvalue weighted by molar-refractivity contribution is 7.89. The van der Waals surface area contributed by atoms with Gasteiger partial charge in [0.1, 0.15) is 22.4 Å². The van der Waals surface area contributed by atoms with E-state index >= 15 is 4.39 Å². The van der Waals surface area contributed by atoms with Gasteiger partial charge in [-0.1, -0.05) is 11.6 Å². The molecule has 0 aliphatic heterocycles. The lowest BCUT2D eigenvalue weighted by Crippen LogP contribution is -2.43. The molecule has 0 aliphatic carbocycles. The van der Waals surface area contributed by atoms with Gasteiger partial charge in [-0.2, -0.15) is 17.9 Å². The Morgan fingerprint density at radius 3 is 2.50 bits per heavy atom. The maximum atomic E-state index is 15.0. The monoisotopic (exact) mass is 503 g/mol. The lowest BCUT2D eigenvalue weighted by molar-refractivity contribution is -0.147. The van der Waals surface area contributed by atoms with Gasteiger partial charge in [-0.05, 0) is 31.5 Å². The predicted molar refractivity (Wildman–Crippen MR) is 106 cm³/mol. The molecule has 0 spiro atoms. The molecule has 1 heterocycles. The normalized spacial score (nSPS) is 13.2. The molecule has 2 N–H and O–H groups in total. The number of carbonyl (C=O) groups excluding carboxylic acids is 1. The molecule has 7 nitrogen and oxygen atoms in total. The zero-order valence-corrected chi connectivity index (χ0v) is 18.3. The first kappa shape index (κ1) is 26.0. The van der Waals surface area contributed by atoms with E-state index in [9.17, 15) is 30.8 Å². The number of anilines is 1. The highest BCUT2D eigenvalue weighted by Crippen LogP contribution is 2.26. The number of ether oxygens (including phenoxy) is 1. The summed E-state index contributed by atoms with van der Waals surface area (Å²) in [6, 6.07) is 0.640. The maximum Gasteiger partial charge on any atom is 0.404 e. The maximum absolute atomic E-state index is 15.0. The Balaban J connectivity index is 2.45. The Morgan fingerprint density at radius 2 is 1.94 bits per heavy atom. The number of hydrogen-bond donors (Lipinski definition) is 2. The third-order valence-electron chi connectivity index (χ3n) is 4.24. The number of aryl methyl sites for hydroxylation is 1. The summed E-state index contributed by atoms with van der Waals surface area (Å²) in [5.41, 5.74) is -0.764. The van der Waals surface area contributed by atoms with Crippen LogP contribution in [0.1, 0.15) is 23.8 Å². The number of amides is 1. The number of carbonyl (C=O) groups is 1. The number of sulfonamides is 1. The Kier molecular flexibility index (Phi) is 8.26.